The molecule has 0 aromatic carbocycles. The molecule has 2 rings (SSSR count). The third-order valence-corrected chi connectivity index (χ3v) is 4.12. The van der Waals surface area contributed by atoms with E-state index in [1.54, 1.807) is 18.5 Å². The largest absolute Gasteiger partial charge is 0.481 e. The number of nitrogens with zero attached hydrogens (tertiary/aromatic N) is 1. The molecule has 8 heteroatoms. The smallest absolute Gasteiger partial charge is 0.306 e. The molecular weight excluding hydrogens is 326 g/mol. The first-order chi connectivity index (χ1) is 12.0. The van der Waals surface area contributed by atoms with E-state index in [4.69, 9.17) is 9.84 Å². The predicted molar refractivity (Wildman–Crippen MR) is 88.4 cm³/mol. The normalized spacial score (nSPS) is 19.8. The fourth-order valence-corrected chi connectivity index (χ4v) is 2.74. The van der Waals surface area contributed by atoms with Crippen molar-refractivity contribution in [1.82, 2.24) is 15.6 Å². The van der Waals surface area contributed by atoms with Crippen LogP contribution in [0.1, 0.15) is 31.2 Å². The third kappa shape index (κ3) is 6.88. The highest BCUT2D eigenvalue weighted by Crippen LogP contribution is 2.24. The Bertz CT molecular complexity index is 585. The van der Waals surface area contributed by atoms with Crippen LogP contribution in [0.25, 0.3) is 0 Å². The zero-order valence-corrected chi connectivity index (χ0v) is 13.9. The van der Waals surface area contributed by atoms with Gasteiger partial charge in [0, 0.05) is 25.0 Å². The molecule has 1 heterocycles. The van der Waals surface area contributed by atoms with Crippen molar-refractivity contribution in [2.24, 2.45) is 5.92 Å². The van der Waals surface area contributed by atoms with E-state index < -0.39 is 5.97 Å². The van der Waals surface area contributed by atoms with E-state index in [2.05, 4.69) is 15.6 Å². The average Bonchev–Trinajstić information content (AvgIpc) is 2.61. The number of carbonyl (C=O) groups excluding carboxylic acids is 2. The Morgan fingerprint density at radius 2 is 1.88 bits per heavy atom. The second-order valence-corrected chi connectivity index (χ2v) is 6.09. The third-order valence-electron chi connectivity index (χ3n) is 4.12. The molecule has 3 N–H and O–H groups in total. The quantitative estimate of drug-likeness (QED) is 0.628. The van der Waals surface area contributed by atoms with Crippen molar-refractivity contribution in [1.29, 1.82) is 0 Å². The molecule has 0 unspecified atom stereocenters. The number of carbonyl (C=O) groups is 3. The highest BCUT2D eigenvalue weighted by molar-refractivity contribution is 5.79. The Morgan fingerprint density at radius 3 is 2.52 bits per heavy atom. The van der Waals surface area contributed by atoms with Gasteiger partial charge < -0.3 is 20.5 Å². The van der Waals surface area contributed by atoms with Gasteiger partial charge in [-0.05, 0) is 37.3 Å². The molecule has 136 valence electrons. The second kappa shape index (κ2) is 9.73. The Labute approximate surface area is 146 Å². The average molecular weight is 349 g/mol. The summed E-state index contributed by atoms with van der Waals surface area (Å²) in [6, 6.07) is 3.61. The van der Waals surface area contributed by atoms with E-state index in [0.29, 0.717) is 32.2 Å². The van der Waals surface area contributed by atoms with Gasteiger partial charge in [-0.15, -0.1) is 0 Å². The lowest BCUT2D eigenvalue weighted by Crippen LogP contribution is -2.41. The molecule has 0 spiro atoms. The number of aliphatic carboxylic acids is 1. The fraction of sp³-hybridized carbons (Fsp3) is 0.529. The maximum atomic E-state index is 11.8. The summed E-state index contributed by atoms with van der Waals surface area (Å²) in [7, 11) is 0. The first-order valence-corrected chi connectivity index (χ1v) is 8.30. The van der Waals surface area contributed by atoms with Crippen LogP contribution in [-0.4, -0.2) is 47.1 Å². The molecule has 0 radical (unpaired) electrons. The summed E-state index contributed by atoms with van der Waals surface area (Å²) < 4.78 is 5.11. The number of ether oxygens (including phenoxy) is 1. The molecule has 1 aliphatic carbocycles. The number of rotatable bonds is 8. The van der Waals surface area contributed by atoms with E-state index in [-0.39, 0.29) is 37.0 Å². The van der Waals surface area contributed by atoms with Crippen molar-refractivity contribution in [3.63, 3.8) is 0 Å². The minimum absolute atomic E-state index is 0.0221. The fourth-order valence-electron chi connectivity index (χ4n) is 2.74. The van der Waals surface area contributed by atoms with Crippen LogP contribution < -0.4 is 10.6 Å². The zero-order chi connectivity index (χ0) is 18.1. The SMILES string of the molecule is O=C(COCC(=O)NC1CCC(C(=O)O)CC1)NCc1cccnc1. The number of hydrogen-bond acceptors (Lipinski definition) is 5. The lowest BCUT2D eigenvalue weighted by Gasteiger charge is -2.26. The Balaban J connectivity index is 1.56. The van der Waals surface area contributed by atoms with Crippen molar-refractivity contribution in [2.45, 2.75) is 38.3 Å². The zero-order valence-electron chi connectivity index (χ0n) is 13.9. The van der Waals surface area contributed by atoms with Crippen molar-refractivity contribution >= 4 is 17.8 Å². The van der Waals surface area contributed by atoms with Crippen LogP contribution in [0.2, 0.25) is 0 Å². The standard InChI is InChI=1S/C17H23N3O5/c21-15(19-9-12-2-1-7-18-8-12)10-25-11-16(22)20-14-5-3-13(4-6-14)17(23)24/h1-2,7-8,13-14H,3-6,9-11H2,(H,19,21)(H,20,22)(H,23,24). The molecule has 0 saturated heterocycles. The van der Waals surface area contributed by atoms with E-state index in [0.717, 1.165) is 5.56 Å². The van der Waals surface area contributed by atoms with Crippen LogP contribution in [0.3, 0.4) is 0 Å². The van der Waals surface area contributed by atoms with Gasteiger partial charge in [-0.25, -0.2) is 0 Å². The highest BCUT2D eigenvalue weighted by Gasteiger charge is 2.26. The van der Waals surface area contributed by atoms with E-state index in [1.165, 1.54) is 0 Å². The molecule has 1 aromatic heterocycles. The Kier molecular flexibility index (Phi) is 7.34. The lowest BCUT2D eigenvalue weighted by atomic mass is 9.86. The number of aromatic nitrogens is 1. The van der Waals surface area contributed by atoms with Gasteiger partial charge in [0.2, 0.25) is 11.8 Å². The molecule has 0 aliphatic heterocycles. The summed E-state index contributed by atoms with van der Waals surface area (Å²) >= 11 is 0. The molecule has 1 aliphatic rings. The van der Waals surface area contributed by atoms with Gasteiger partial charge >= 0.3 is 5.97 Å². The minimum atomic E-state index is -0.773. The Hall–Kier alpha value is -2.48. The lowest BCUT2D eigenvalue weighted by molar-refractivity contribution is -0.142. The summed E-state index contributed by atoms with van der Waals surface area (Å²) in [5.41, 5.74) is 0.880. The van der Waals surface area contributed by atoms with Crippen molar-refractivity contribution < 1.29 is 24.2 Å². The van der Waals surface area contributed by atoms with E-state index in [1.807, 2.05) is 6.07 Å². The highest BCUT2D eigenvalue weighted by atomic mass is 16.5. The molecular formula is C17H23N3O5. The molecule has 8 nitrogen and oxygen atoms in total. The second-order valence-electron chi connectivity index (χ2n) is 6.09. The van der Waals surface area contributed by atoms with Gasteiger partial charge in [-0.2, -0.15) is 0 Å². The van der Waals surface area contributed by atoms with Gasteiger partial charge in [0.15, 0.2) is 0 Å². The monoisotopic (exact) mass is 349 g/mol. The topological polar surface area (TPSA) is 118 Å². The van der Waals surface area contributed by atoms with Crippen LogP contribution in [-0.2, 0) is 25.7 Å². The van der Waals surface area contributed by atoms with E-state index >= 15 is 0 Å². The van der Waals surface area contributed by atoms with Gasteiger partial charge in [-0.1, -0.05) is 6.07 Å². The number of hydrogen-bond donors (Lipinski definition) is 3. The van der Waals surface area contributed by atoms with Crippen LogP contribution in [0, 0.1) is 5.92 Å². The number of carboxylic acids is 1. The summed E-state index contributed by atoms with van der Waals surface area (Å²) in [5.74, 6) is -1.68. The van der Waals surface area contributed by atoms with Crippen LogP contribution >= 0.6 is 0 Å². The number of nitrogens with one attached hydrogen (secondary N) is 2. The summed E-state index contributed by atoms with van der Waals surface area (Å²) in [6.07, 6.45) is 5.74. The molecule has 1 aromatic rings. The predicted octanol–water partition coefficient (Wildman–Crippen LogP) is 0.474. The first-order valence-electron chi connectivity index (χ1n) is 8.30. The molecule has 25 heavy (non-hydrogen) atoms. The van der Waals surface area contributed by atoms with Gasteiger partial charge in [-0.3, -0.25) is 19.4 Å². The molecule has 0 bridgehead atoms. The van der Waals surface area contributed by atoms with Gasteiger partial charge in [0.05, 0.1) is 5.92 Å². The molecule has 0 atom stereocenters. The number of carboxylic acid groups (broad SMARTS) is 1. The number of pyridine rings is 1. The first kappa shape index (κ1) is 18.9. The van der Waals surface area contributed by atoms with Crippen molar-refractivity contribution in [2.75, 3.05) is 13.2 Å². The maximum Gasteiger partial charge on any atom is 0.306 e. The minimum Gasteiger partial charge on any atom is -0.481 e. The molecule has 1 saturated carbocycles. The van der Waals surface area contributed by atoms with Crippen molar-refractivity contribution in [3.8, 4) is 0 Å². The van der Waals surface area contributed by atoms with Gasteiger partial charge in [0.25, 0.3) is 0 Å². The van der Waals surface area contributed by atoms with Crippen LogP contribution in [0.4, 0.5) is 0 Å². The Morgan fingerprint density at radius 1 is 1.16 bits per heavy atom. The summed E-state index contributed by atoms with van der Waals surface area (Å²) in [6.45, 7) is -0.0341. The maximum absolute atomic E-state index is 11.8. The van der Waals surface area contributed by atoms with E-state index in [9.17, 15) is 14.4 Å². The molecule has 2 amide bonds. The molecule has 1 fully saturated rings. The summed E-state index contributed by atoms with van der Waals surface area (Å²) in [5, 5.41) is 14.4. The van der Waals surface area contributed by atoms with Gasteiger partial charge in [0.1, 0.15) is 13.2 Å². The van der Waals surface area contributed by atoms with Crippen molar-refractivity contribution in [3.05, 3.63) is 30.1 Å². The van der Waals surface area contributed by atoms with Crippen LogP contribution in [0.15, 0.2) is 24.5 Å². The van der Waals surface area contributed by atoms with Crippen LogP contribution in [0.5, 0.6) is 0 Å². The number of amides is 2. The summed E-state index contributed by atoms with van der Waals surface area (Å²) in [4.78, 5) is 38.3.